The van der Waals surface area contributed by atoms with Crippen molar-refractivity contribution in [2.45, 2.75) is 31.6 Å². The van der Waals surface area contributed by atoms with Gasteiger partial charge in [0, 0.05) is 25.4 Å². The molecule has 2 aliphatic rings. The number of hydrogen-bond acceptors (Lipinski definition) is 4. The maximum atomic E-state index is 13.6. The monoisotopic (exact) mass is 331 g/mol. The fourth-order valence-electron chi connectivity index (χ4n) is 3.32. The molecule has 0 spiro atoms. The molecule has 0 radical (unpaired) electrons. The molecule has 1 aromatic carbocycles. The Morgan fingerprint density at radius 3 is 2.87 bits per heavy atom. The average Bonchev–Trinajstić information content (AvgIpc) is 2.98. The molecule has 0 saturated carbocycles. The van der Waals surface area contributed by atoms with Crippen molar-refractivity contribution in [1.29, 1.82) is 0 Å². The number of carbonyl (C=O) groups excluding carboxylic acids is 1. The molecule has 0 aliphatic carbocycles. The van der Waals surface area contributed by atoms with Gasteiger partial charge >= 0.3 is 0 Å². The van der Waals surface area contributed by atoms with E-state index in [4.69, 9.17) is 0 Å². The van der Waals surface area contributed by atoms with E-state index in [0.717, 1.165) is 28.7 Å². The molecule has 120 valence electrons. The van der Waals surface area contributed by atoms with Crippen LogP contribution in [0.4, 0.5) is 15.3 Å². The molecule has 1 aromatic heterocycles. The van der Waals surface area contributed by atoms with Gasteiger partial charge in [0.15, 0.2) is 5.13 Å². The van der Waals surface area contributed by atoms with Gasteiger partial charge in [-0.3, -0.25) is 4.79 Å². The molecule has 1 saturated heterocycles. The van der Waals surface area contributed by atoms with Crippen molar-refractivity contribution in [3.8, 4) is 0 Å². The van der Waals surface area contributed by atoms with Gasteiger partial charge in [0.2, 0.25) is 5.91 Å². The van der Waals surface area contributed by atoms with Crippen LogP contribution in [-0.4, -0.2) is 24.0 Å². The van der Waals surface area contributed by atoms with E-state index in [1.165, 1.54) is 31.4 Å². The molecule has 2 aromatic rings. The standard InChI is InChI=1S/C17H18FN3OS/c18-12-6-4-5-11(9-12)13-10-14(22)19-16-15(13)23-17(20-16)21-7-2-1-3-8-21/h4-6,9,13H,1-3,7-8,10H2,(H,19,22). The van der Waals surface area contributed by atoms with Crippen molar-refractivity contribution >= 4 is 28.2 Å². The van der Waals surface area contributed by atoms with E-state index >= 15 is 0 Å². The van der Waals surface area contributed by atoms with Gasteiger partial charge in [-0.2, -0.15) is 0 Å². The number of piperidine rings is 1. The number of benzene rings is 1. The Hall–Kier alpha value is -1.95. The van der Waals surface area contributed by atoms with Gasteiger partial charge in [-0.05, 0) is 37.0 Å². The minimum atomic E-state index is -0.268. The van der Waals surface area contributed by atoms with Crippen LogP contribution in [0.5, 0.6) is 0 Å². The van der Waals surface area contributed by atoms with Crippen molar-refractivity contribution in [3.63, 3.8) is 0 Å². The third-order valence-electron chi connectivity index (χ3n) is 4.48. The Balaban J connectivity index is 1.71. The van der Waals surface area contributed by atoms with Crippen molar-refractivity contribution < 1.29 is 9.18 Å². The molecule has 23 heavy (non-hydrogen) atoms. The number of anilines is 2. The summed E-state index contributed by atoms with van der Waals surface area (Å²) < 4.78 is 13.6. The van der Waals surface area contributed by atoms with Crippen molar-refractivity contribution in [3.05, 3.63) is 40.5 Å². The Morgan fingerprint density at radius 2 is 2.09 bits per heavy atom. The normalized spacial score (nSPS) is 21.0. The number of hydrogen-bond donors (Lipinski definition) is 1. The summed E-state index contributed by atoms with van der Waals surface area (Å²) in [6.07, 6.45) is 3.98. The lowest BCUT2D eigenvalue weighted by Gasteiger charge is -2.25. The first-order valence-corrected chi connectivity index (χ1v) is 8.83. The lowest BCUT2D eigenvalue weighted by molar-refractivity contribution is -0.116. The van der Waals surface area contributed by atoms with E-state index in [-0.39, 0.29) is 17.6 Å². The zero-order valence-corrected chi connectivity index (χ0v) is 13.5. The van der Waals surface area contributed by atoms with E-state index in [0.29, 0.717) is 12.2 Å². The molecule has 3 heterocycles. The predicted molar refractivity (Wildman–Crippen MR) is 89.7 cm³/mol. The van der Waals surface area contributed by atoms with Crippen LogP contribution in [0, 0.1) is 5.82 Å². The number of carbonyl (C=O) groups is 1. The highest BCUT2D eigenvalue weighted by atomic mass is 32.1. The zero-order valence-electron chi connectivity index (χ0n) is 12.7. The third kappa shape index (κ3) is 2.83. The summed E-state index contributed by atoms with van der Waals surface area (Å²) in [5.41, 5.74) is 0.843. The second-order valence-corrected chi connectivity index (χ2v) is 7.13. The van der Waals surface area contributed by atoms with Crippen LogP contribution in [0.15, 0.2) is 24.3 Å². The summed E-state index contributed by atoms with van der Waals surface area (Å²) in [6.45, 7) is 2.04. The molecule has 0 bridgehead atoms. The van der Waals surface area contributed by atoms with Crippen LogP contribution in [0.1, 0.15) is 42.0 Å². The first-order chi connectivity index (χ1) is 11.2. The molecule has 6 heteroatoms. The Labute approximate surface area is 138 Å². The average molecular weight is 331 g/mol. The lowest BCUT2D eigenvalue weighted by Crippen LogP contribution is -2.29. The third-order valence-corrected chi connectivity index (χ3v) is 5.71. The maximum Gasteiger partial charge on any atom is 0.226 e. The summed E-state index contributed by atoms with van der Waals surface area (Å²) >= 11 is 1.63. The van der Waals surface area contributed by atoms with Crippen LogP contribution in [0.25, 0.3) is 0 Å². The molecule has 2 aliphatic heterocycles. The molecule has 1 unspecified atom stereocenters. The Kier molecular flexibility index (Phi) is 3.77. The van der Waals surface area contributed by atoms with Gasteiger partial charge in [0.25, 0.3) is 0 Å². The number of nitrogens with one attached hydrogen (secondary N) is 1. The highest BCUT2D eigenvalue weighted by molar-refractivity contribution is 7.16. The number of thiazole rings is 1. The fourth-order valence-corrected chi connectivity index (χ4v) is 4.52. The van der Waals surface area contributed by atoms with Crippen LogP contribution in [-0.2, 0) is 4.79 Å². The van der Waals surface area contributed by atoms with Crippen molar-refractivity contribution in [2.24, 2.45) is 0 Å². The van der Waals surface area contributed by atoms with Gasteiger partial charge in [0.1, 0.15) is 11.6 Å². The lowest BCUT2D eigenvalue weighted by atomic mass is 9.91. The van der Waals surface area contributed by atoms with Crippen LogP contribution >= 0.6 is 11.3 Å². The first kappa shape index (κ1) is 14.6. The largest absolute Gasteiger partial charge is 0.348 e. The highest BCUT2D eigenvalue weighted by Crippen LogP contribution is 2.43. The predicted octanol–water partition coefficient (Wildman–Crippen LogP) is 3.75. The number of halogens is 1. The number of fused-ring (bicyclic) bond motifs is 1. The van der Waals surface area contributed by atoms with E-state index in [1.54, 1.807) is 17.4 Å². The van der Waals surface area contributed by atoms with Crippen LogP contribution < -0.4 is 10.2 Å². The number of nitrogens with zero attached hydrogens (tertiary/aromatic N) is 2. The van der Waals surface area contributed by atoms with E-state index < -0.39 is 0 Å². The highest BCUT2D eigenvalue weighted by Gasteiger charge is 2.31. The van der Waals surface area contributed by atoms with Crippen molar-refractivity contribution in [1.82, 2.24) is 4.98 Å². The minimum Gasteiger partial charge on any atom is -0.348 e. The van der Waals surface area contributed by atoms with E-state index in [2.05, 4.69) is 15.2 Å². The first-order valence-electron chi connectivity index (χ1n) is 8.02. The molecule has 4 rings (SSSR count). The molecular formula is C17H18FN3OS. The molecule has 4 nitrogen and oxygen atoms in total. The summed E-state index contributed by atoms with van der Waals surface area (Å²) in [5, 5.41) is 3.84. The zero-order chi connectivity index (χ0) is 15.8. The number of amides is 1. The van der Waals surface area contributed by atoms with Gasteiger partial charge in [0.05, 0.1) is 4.88 Å². The van der Waals surface area contributed by atoms with E-state index in [1.807, 2.05) is 6.07 Å². The van der Waals surface area contributed by atoms with Crippen LogP contribution in [0.2, 0.25) is 0 Å². The van der Waals surface area contributed by atoms with Gasteiger partial charge in [-0.25, -0.2) is 9.37 Å². The van der Waals surface area contributed by atoms with Crippen molar-refractivity contribution in [2.75, 3.05) is 23.3 Å². The maximum absolute atomic E-state index is 13.6. The number of aromatic nitrogens is 1. The van der Waals surface area contributed by atoms with Gasteiger partial charge < -0.3 is 10.2 Å². The molecule has 1 atom stereocenters. The fraction of sp³-hybridized carbons (Fsp3) is 0.412. The quantitative estimate of drug-likeness (QED) is 0.911. The van der Waals surface area contributed by atoms with Crippen LogP contribution in [0.3, 0.4) is 0 Å². The van der Waals surface area contributed by atoms with Gasteiger partial charge in [-0.15, -0.1) is 0 Å². The molecule has 1 N–H and O–H groups in total. The number of rotatable bonds is 2. The second kappa shape index (κ2) is 5.92. The molecule has 1 amide bonds. The minimum absolute atomic E-state index is 0.0535. The SMILES string of the molecule is O=C1CC(c2cccc(F)c2)c2sc(N3CCCCC3)nc2N1. The second-order valence-electron chi connectivity index (χ2n) is 6.12. The smallest absolute Gasteiger partial charge is 0.226 e. The Morgan fingerprint density at radius 1 is 1.26 bits per heavy atom. The summed E-state index contributed by atoms with van der Waals surface area (Å²) in [5.74, 6) is 0.227. The topological polar surface area (TPSA) is 45.2 Å². The molecule has 1 fully saturated rings. The summed E-state index contributed by atoms with van der Waals surface area (Å²) in [6, 6.07) is 6.53. The Bertz CT molecular complexity index is 739. The summed E-state index contributed by atoms with van der Waals surface area (Å²) in [7, 11) is 0. The molecular weight excluding hydrogens is 313 g/mol. The van der Waals surface area contributed by atoms with Gasteiger partial charge in [-0.1, -0.05) is 23.5 Å². The van der Waals surface area contributed by atoms with E-state index in [9.17, 15) is 9.18 Å². The summed E-state index contributed by atoms with van der Waals surface area (Å²) in [4.78, 5) is 20.0.